The Balaban J connectivity index is 1.60. The molecule has 0 unspecified atom stereocenters. The van der Waals surface area contributed by atoms with Gasteiger partial charge in [0.05, 0.1) is 24.4 Å². The van der Waals surface area contributed by atoms with E-state index in [0.29, 0.717) is 40.2 Å². The fourth-order valence-corrected chi connectivity index (χ4v) is 5.71. The summed E-state index contributed by atoms with van der Waals surface area (Å²) in [5.41, 5.74) is 4.21. The van der Waals surface area contributed by atoms with Gasteiger partial charge in [0.25, 0.3) is 5.91 Å². The van der Waals surface area contributed by atoms with Gasteiger partial charge in [0.1, 0.15) is 24.0 Å². The number of amides is 1. The minimum absolute atomic E-state index is 0.0995. The second kappa shape index (κ2) is 12.1. The van der Waals surface area contributed by atoms with E-state index in [1.165, 1.54) is 23.5 Å². The fourth-order valence-electron chi connectivity index (χ4n) is 4.72. The molecule has 1 heterocycles. The van der Waals surface area contributed by atoms with Crippen molar-refractivity contribution in [1.29, 1.82) is 0 Å². The van der Waals surface area contributed by atoms with Crippen molar-refractivity contribution in [3.63, 3.8) is 0 Å². The van der Waals surface area contributed by atoms with Gasteiger partial charge in [-0.25, -0.2) is 12.8 Å². The quantitative estimate of drug-likeness (QED) is 0.122. The molecule has 8 nitrogen and oxygen atoms in total. The van der Waals surface area contributed by atoms with Crippen molar-refractivity contribution < 1.29 is 31.5 Å². The number of carbonyl (C=O) groups is 1. The number of hydrogen-bond acceptors (Lipinski definition) is 6. The van der Waals surface area contributed by atoms with Crippen LogP contribution in [0.4, 0.5) is 10.1 Å². The molecule has 1 saturated carbocycles. The maximum absolute atomic E-state index is 13.6. The average molecular weight is 632 g/mol. The predicted octanol–water partition coefficient (Wildman–Crippen LogP) is 5.89. The van der Waals surface area contributed by atoms with Gasteiger partial charge in [-0.3, -0.25) is 9.10 Å². The lowest BCUT2D eigenvalue weighted by Gasteiger charge is -2.22. The molecule has 1 fully saturated rings. The van der Waals surface area contributed by atoms with E-state index in [1.807, 2.05) is 24.3 Å². The Hall–Kier alpha value is -3.25. The van der Waals surface area contributed by atoms with E-state index in [0.717, 1.165) is 34.0 Å². The van der Waals surface area contributed by atoms with Crippen molar-refractivity contribution in [3.05, 3.63) is 87.1 Å². The first kappa shape index (κ1) is 28.3. The maximum Gasteiger partial charge on any atom is 0.255 e. The van der Waals surface area contributed by atoms with Gasteiger partial charge in [-0.15, -0.1) is 0 Å². The first-order valence-electron chi connectivity index (χ1n) is 12.6. The van der Waals surface area contributed by atoms with E-state index in [9.17, 15) is 17.6 Å². The summed E-state index contributed by atoms with van der Waals surface area (Å²) in [7, 11) is 0.0540. The van der Waals surface area contributed by atoms with Crippen LogP contribution in [-0.4, -0.2) is 35.3 Å². The van der Waals surface area contributed by atoms with Crippen LogP contribution in [0.2, 0.25) is 0 Å². The first-order chi connectivity index (χ1) is 19.3. The third kappa shape index (κ3) is 5.92. The minimum atomic E-state index is -3.02. The molecular formula is C29H28BrFN2O6S. The van der Waals surface area contributed by atoms with E-state index in [2.05, 4.69) is 21.2 Å². The number of benzene rings is 3. The van der Waals surface area contributed by atoms with Crippen molar-refractivity contribution in [3.8, 4) is 11.3 Å². The molecule has 1 N–H and O–H groups in total. The lowest BCUT2D eigenvalue weighted by Crippen LogP contribution is -2.22. The monoisotopic (exact) mass is 630 g/mol. The summed E-state index contributed by atoms with van der Waals surface area (Å²) in [6.07, 6.45) is 1.83. The number of methoxy groups -OCH3 is 1. The zero-order chi connectivity index (χ0) is 28.4. The molecule has 4 aromatic rings. The highest BCUT2D eigenvalue weighted by molar-refractivity contribution is 9.10. The van der Waals surface area contributed by atoms with Crippen LogP contribution in [0.3, 0.4) is 0 Å². The summed E-state index contributed by atoms with van der Waals surface area (Å²) in [4.78, 5) is 13.0. The lowest BCUT2D eigenvalue weighted by molar-refractivity contribution is -0.0392. The van der Waals surface area contributed by atoms with Crippen molar-refractivity contribution >= 4 is 49.4 Å². The lowest BCUT2D eigenvalue weighted by atomic mass is 10.00. The van der Waals surface area contributed by atoms with E-state index in [-0.39, 0.29) is 25.2 Å². The Kier molecular flexibility index (Phi) is 8.55. The van der Waals surface area contributed by atoms with Crippen molar-refractivity contribution in [2.24, 2.45) is 0 Å². The molecular weight excluding hydrogens is 603 g/mol. The zero-order valence-corrected chi connectivity index (χ0v) is 24.4. The van der Waals surface area contributed by atoms with Crippen molar-refractivity contribution in [2.45, 2.75) is 31.9 Å². The van der Waals surface area contributed by atoms with Gasteiger partial charge in [-0.2, -0.15) is 0 Å². The number of hydrogen-bond donors (Lipinski definition) is 2. The van der Waals surface area contributed by atoms with Gasteiger partial charge in [-0.05, 0) is 71.8 Å². The Morgan fingerprint density at radius 3 is 2.55 bits per heavy atom. The molecule has 0 aliphatic heterocycles. The summed E-state index contributed by atoms with van der Waals surface area (Å²) >= 11 is 3.52. The SMILES string of the molecule is CNC(=O)c1c(-c2ccc(F)cc2)oc2cc(N(Cc3ccc(Br)c(COCOC)c3)[SH](=O)=O)c(C3CC3)cc12. The molecule has 1 amide bonds. The molecule has 0 spiro atoms. The van der Waals surface area contributed by atoms with Crippen LogP contribution in [0.1, 0.15) is 45.8 Å². The van der Waals surface area contributed by atoms with Crippen LogP contribution in [0.25, 0.3) is 22.3 Å². The normalized spacial score (nSPS) is 13.2. The van der Waals surface area contributed by atoms with E-state index < -0.39 is 16.7 Å². The molecule has 11 heteroatoms. The molecule has 0 atom stereocenters. The second-order valence-corrected chi connectivity index (χ2v) is 11.4. The van der Waals surface area contributed by atoms with Gasteiger partial charge in [0.15, 0.2) is 0 Å². The van der Waals surface area contributed by atoms with Crippen LogP contribution in [0.5, 0.6) is 0 Å². The highest BCUT2D eigenvalue weighted by atomic mass is 79.9. The third-order valence-electron chi connectivity index (χ3n) is 6.79. The summed E-state index contributed by atoms with van der Waals surface area (Å²) in [6.45, 7) is 0.537. The zero-order valence-electron chi connectivity index (χ0n) is 21.9. The number of nitrogens with zero attached hydrogens (tertiary/aromatic N) is 1. The molecule has 0 radical (unpaired) electrons. The molecule has 0 bridgehead atoms. The predicted molar refractivity (Wildman–Crippen MR) is 154 cm³/mol. The molecule has 1 aliphatic carbocycles. The van der Waals surface area contributed by atoms with Gasteiger partial charge in [-0.1, -0.05) is 28.1 Å². The second-order valence-electron chi connectivity index (χ2n) is 9.55. The number of furan rings is 1. The van der Waals surface area contributed by atoms with E-state index >= 15 is 0 Å². The molecule has 210 valence electrons. The van der Waals surface area contributed by atoms with Crippen LogP contribution in [-0.2, 0) is 33.5 Å². The standard InChI is InChI=1S/C29H28BrFN2O6S/c1-32-29(34)27-23-12-22(18-4-5-18)25(13-26(23)39-28(27)19-6-8-21(31)9-7-19)33(40(35)36)14-17-3-10-24(30)20(11-17)15-38-16-37-2/h3,6-13,18,40H,4-5,14-16H2,1-2H3,(H,32,34). The Bertz CT molecular complexity index is 1620. The summed E-state index contributed by atoms with van der Waals surface area (Å²) < 4.78 is 57.7. The highest BCUT2D eigenvalue weighted by Gasteiger charge is 2.32. The average Bonchev–Trinajstić information content (AvgIpc) is 3.73. The molecule has 0 saturated heterocycles. The number of ether oxygens (including phenoxy) is 2. The van der Waals surface area contributed by atoms with Crippen LogP contribution >= 0.6 is 15.9 Å². The van der Waals surface area contributed by atoms with E-state index in [1.54, 1.807) is 25.3 Å². The number of nitrogens with one attached hydrogen (secondary N) is 1. The molecule has 3 aromatic carbocycles. The van der Waals surface area contributed by atoms with Crippen LogP contribution < -0.4 is 9.62 Å². The topological polar surface area (TPSA) is 98.1 Å². The summed E-state index contributed by atoms with van der Waals surface area (Å²) in [5, 5.41) is 3.24. The number of fused-ring (bicyclic) bond motifs is 1. The number of anilines is 1. The molecule has 1 aliphatic rings. The number of rotatable bonds is 11. The van der Waals surface area contributed by atoms with Gasteiger partial charge < -0.3 is 19.2 Å². The highest BCUT2D eigenvalue weighted by Crippen LogP contribution is 2.48. The Morgan fingerprint density at radius 1 is 1.15 bits per heavy atom. The van der Waals surface area contributed by atoms with Gasteiger partial charge in [0.2, 0.25) is 10.9 Å². The number of carbonyl (C=O) groups excluding carboxylic acids is 1. The molecule has 40 heavy (non-hydrogen) atoms. The maximum atomic E-state index is 13.6. The smallest absolute Gasteiger partial charge is 0.255 e. The van der Waals surface area contributed by atoms with Gasteiger partial charge >= 0.3 is 0 Å². The fraction of sp³-hybridized carbons (Fsp3) is 0.276. The van der Waals surface area contributed by atoms with Crippen LogP contribution in [0, 0.1) is 5.82 Å². The van der Waals surface area contributed by atoms with Crippen LogP contribution in [0.15, 0.2) is 63.5 Å². The third-order valence-corrected chi connectivity index (χ3v) is 8.32. The molecule has 1 aromatic heterocycles. The van der Waals surface area contributed by atoms with Crippen molar-refractivity contribution in [2.75, 3.05) is 25.3 Å². The summed E-state index contributed by atoms with van der Waals surface area (Å²) in [6, 6.07) is 14.9. The van der Waals surface area contributed by atoms with Crippen molar-refractivity contribution in [1.82, 2.24) is 5.32 Å². The van der Waals surface area contributed by atoms with Gasteiger partial charge in [0, 0.05) is 35.6 Å². The number of thiol groups is 1. The first-order valence-corrected chi connectivity index (χ1v) is 14.6. The molecule has 5 rings (SSSR count). The largest absolute Gasteiger partial charge is 0.455 e. The van der Waals surface area contributed by atoms with E-state index in [4.69, 9.17) is 13.9 Å². The summed E-state index contributed by atoms with van der Waals surface area (Å²) in [5.74, 6) is -0.297. The Labute approximate surface area is 241 Å². The minimum Gasteiger partial charge on any atom is -0.455 e. The Morgan fingerprint density at radius 2 is 1.90 bits per heavy atom. The number of halogens is 2.